The van der Waals surface area contributed by atoms with Crippen LogP contribution < -0.4 is 10.4 Å². The van der Waals surface area contributed by atoms with E-state index in [1.165, 1.54) is 42.5 Å². The van der Waals surface area contributed by atoms with Gasteiger partial charge >= 0.3 is 19.1 Å². The minimum atomic E-state index is -2.04. The Balaban J connectivity index is 2.67. The molecule has 0 fully saturated rings. The third kappa shape index (κ3) is 3.78. The number of allylic oxidation sites excluding steroid dienone is 2. The number of carbonyl (C=O) groups excluding carboxylic acids is 2. The first-order valence-corrected chi connectivity index (χ1v) is 7.11. The maximum absolute atomic E-state index is 13.7. The molecule has 0 saturated carbocycles. The number of methoxy groups -OCH3 is 2. The van der Waals surface area contributed by atoms with E-state index in [2.05, 4.69) is 4.74 Å². The molecule has 0 aliphatic carbocycles. The van der Waals surface area contributed by atoms with Crippen LogP contribution in [0.1, 0.15) is 0 Å². The molecule has 130 valence electrons. The second-order valence-corrected chi connectivity index (χ2v) is 4.90. The van der Waals surface area contributed by atoms with Crippen LogP contribution in [0.4, 0.5) is 10.1 Å². The molecular weight excluding hydrogens is 332 g/mol. The number of halogens is 1. The van der Waals surface area contributed by atoms with E-state index >= 15 is 0 Å². The molecular formula is C16H15BFNO6. The fourth-order valence-electron chi connectivity index (χ4n) is 2.24. The molecule has 9 heteroatoms. The van der Waals surface area contributed by atoms with Crippen molar-refractivity contribution in [3.8, 4) is 0 Å². The van der Waals surface area contributed by atoms with Gasteiger partial charge in [0.25, 0.3) is 0 Å². The largest absolute Gasteiger partial charge is 0.491 e. The SMILES string of the molecule is COC(=O)C1=C(C(=O)OC)N(c2ccc(F)c(B(O)O)c2)C=CC=C1. The summed E-state index contributed by atoms with van der Waals surface area (Å²) in [6.07, 6.45) is 5.87. The topological polar surface area (TPSA) is 96.3 Å². The van der Waals surface area contributed by atoms with Crippen molar-refractivity contribution < 1.29 is 33.5 Å². The van der Waals surface area contributed by atoms with Gasteiger partial charge in [0.2, 0.25) is 0 Å². The zero-order valence-electron chi connectivity index (χ0n) is 13.5. The van der Waals surface area contributed by atoms with Crippen molar-refractivity contribution in [2.24, 2.45) is 0 Å². The van der Waals surface area contributed by atoms with Crippen LogP contribution in [0.15, 0.2) is 53.9 Å². The summed E-state index contributed by atoms with van der Waals surface area (Å²) in [7, 11) is 0.271. The molecule has 0 saturated heterocycles. The van der Waals surface area contributed by atoms with Gasteiger partial charge < -0.3 is 24.4 Å². The smallest absolute Gasteiger partial charge is 0.465 e. The number of hydrogen-bond acceptors (Lipinski definition) is 7. The first-order chi connectivity index (χ1) is 11.9. The van der Waals surface area contributed by atoms with Crippen molar-refractivity contribution in [1.29, 1.82) is 0 Å². The van der Waals surface area contributed by atoms with Gasteiger partial charge in [-0.3, -0.25) is 0 Å². The maximum atomic E-state index is 13.7. The fourth-order valence-corrected chi connectivity index (χ4v) is 2.24. The van der Waals surface area contributed by atoms with Gasteiger partial charge in [-0.15, -0.1) is 0 Å². The lowest BCUT2D eigenvalue weighted by Gasteiger charge is -2.23. The average Bonchev–Trinajstić information content (AvgIpc) is 2.83. The van der Waals surface area contributed by atoms with Gasteiger partial charge in [0.05, 0.1) is 19.8 Å². The van der Waals surface area contributed by atoms with E-state index in [-0.39, 0.29) is 22.4 Å². The lowest BCUT2D eigenvalue weighted by atomic mass is 9.79. The Hall–Kier alpha value is -2.91. The van der Waals surface area contributed by atoms with Crippen LogP contribution in [0.25, 0.3) is 0 Å². The van der Waals surface area contributed by atoms with Crippen LogP contribution in [-0.2, 0) is 19.1 Å². The summed E-state index contributed by atoms with van der Waals surface area (Å²) in [6, 6.07) is 3.48. The molecule has 1 heterocycles. The molecule has 0 bridgehead atoms. The van der Waals surface area contributed by atoms with Gasteiger partial charge in [-0.05, 0) is 30.4 Å². The highest BCUT2D eigenvalue weighted by Crippen LogP contribution is 2.26. The van der Waals surface area contributed by atoms with E-state index < -0.39 is 24.9 Å². The second-order valence-electron chi connectivity index (χ2n) is 4.90. The molecule has 0 amide bonds. The molecule has 2 N–H and O–H groups in total. The van der Waals surface area contributed by atoms with Gasteiger partial charge in [-0.1, -0.05) is 6.08 Å². The predicted octanol–water partition coefficient (Wildman–Crippen LogP) is -0.00450. The Morgan fingerprint density at radius 3 is 2.40 bits per heavy atom. The Morgan fingerprint density at radius 2 is 1.80 bits per heavy atom. The molecule has 2 rings (SSSR count). The maximum Gasteiger partial charge on any atom is 0.491 e. The number of benzene rings is 1. The van der Waals surface area contributed by atoms with Crippen LogP contribution in [0.2, 0.25) is 0 Å². The summed E-state index contributed by atoms with van der Waals surface area (Å²) >= 11 is 0. The number of carbonyl (C=O) groups is 2. The number of anilines is 1. The van der Waals surface area contributed by atoms with Gasteiger partial charge in [0.1, 0.15) is 11.5 Å². The normalized spacial score (nSPS) is 13.6. The third-order valence-corrected chi connectivity index (χ3v) is 3.43. The Morgan fingerprint density at radius 1 is 1.12 bits per heavy atom. The molecule has 7 nitrogen and oxygen atoms in total. The fraction of sp³-hybridized carbons (Fsp3) is 0.125. The van der Waals surface area contributed by atoms with E-state index in [0.29, 0.717) is 0 Å². The van der Waals surface area contributed by atoms with Crippen molar-refractivity contribution in [3.63, 3.8) is 0 Å². The first-order valence-electron chi connectivity index (χ1n) is 7.11. The molecule has 1 aromatic rings. The Kier molecular flexibility index (Phi) is 5.73. The molecule has 0 aromatic heterocycles. The predicted molar refractivity (Wildman–Crippen MR) is 88.0 cm³/mol. The van der Waals surface area contributed by atoms with Crippen molar-refractivity contribution >= 4 is 30.2 Å². The highest BCUT2D eigenvalue weighted by molar-refractivity contribution is 6.58. The number of nitrogens with zero attached hydrogens (tertiary/aromatic N) is 1. The second kappa shape index (κ2) is 7.78. The van der Waals surface area contributed by atoms with Crippen molar-refractivity contribution in [3.05, 3.63) is 59.7 Å². The summed E-state index contributed by atoms with van der Waals surface area (Å²) < 4.78 is 23.1. The first kappa shape index (κ1) is 18.4. The third-order valence-electron chi connectivity index (χ3n) is 3.43. The van der Waals surface area contributed by atoms with Gasteiger partial charge in [-0.2, -0.15) is 0 Å². The van der Waals surface area contributed by atoms with Gasteiger partial charge in [-0.25, -0.2) is 14.0 Å². The number of hydrogen-bond donors (Lipinski definition) is 2. The number of esters is 2. The van der Waals surface area contributed by atoms with Crippen LogP contribution in [-0.4, -0.2) is 43.3 Å². The van der Waals surface area contributed by atoms with E-state index in [0.717, 1.165) is 19.2 Å². The lowest BCUT2D eigenvalue weighted by Crippen LogP contribution is -2.34. The summed E-state index contributed by atoms with van der Waals surface area (Å²) in [5.41, 5.74) is -0.405. The quantitative estimate of drug-likeness (QED) is 0.584. The van der Waals surface area contributed by atoms with Gasteiger partial charge in [0.15, 0.2) is 0 Å². The summed E-state index contributed by atoms with van der Waals surface area (Å²) in [5, 5.41) is 18.5. The molecule has 1 aromatic carbocycles. The van der Waals surface area contributed by atoms with E-state index in [1.54, 1.807) is 0 Å². The minimum Gasteiger partial charge on any atom is -0.465 e. The zero-order valence-corrected chi connectivity index (χ0v) is 13.5. The van der Waals surface area contributed by atoms with Crippen molar-refractivity contribution in [2.45, 2.75) is 0 Å². The number of ether oxygens (including phenoxy) is 2. The Bertz CT molecular complexity index is 787. The monoisotopic (exact) mass is 347 g/mol. The van der Waals surface area contributed by atoms with Crippen LogP contribution in [0.3, 0.4) is 0 Å². The summed E-state index contributed by atoms with van der Waals surface area (Å²) in [6.45, 7) is 0. The van der Waals surface area contributed by atoms with E-state index in [4.69, 9.17) is 4.74 Å². The molecule has 0 unspecified atom stereocenters. The highest BCUT2D eigenvalue weighted by Gasteiger charge is 2.28. The number of rotatable bonds is 4. The highest BCUT2D eigenvalue weighted by atomic mass is 19.1. The molecule has 1 aliphatic heterocycles. The van der Waals surface area contributed by atoms with E-state index in [1.807, 2.05) is 0 Å². The summed E-state index contributed by atoms with van der Waals surface area (Å²) in [4.78, 5) is 25.5. The molecule has 25 heavy (non-hydrogen) atoms. The van der Waals surface area contributed by atoms with Crippen LogP contribution in [0, 0.1) is 5.82 Å². The van der Waals surface area contributed by atoms with Crippen LogP contribution >= 0.6 is 0 Å². The molecule has 0 radical (unpaired) electrons. The molecule has 1 aliphatic rings. The van der Waals surface area contributed by atoms with Crippen molar-refractivity contribution in [1.82, 2.24) is 0 Å². The van der Waals surface area contributed by atoms with Crippen LogP contribution in [0.5, 0.6) is 0 Å². The van der Waals surface area contributed by atoms with Crippen molar-refractivity contribution in [2.75, 3.05) is 19.1 Å². The van der Waals surface area contributed by atoms with E-state index in [9.17, 15) is 24.0 Å². The minimum absolute atomic E-state index is 0.0743. The van der Waals surface area contributed by atoms with Gasteiger partial charge in [0, 0.05) is 17.4 Å². The summed E-state index contributed by atoms with van der Waals surface area (Å²) in [5.74, 6) is -2.42. The molecule has 0 spiro atoms. The zero-order chi connectivity index (χ0) is 18.6. The Labute approximate surface area is 143 Å². The standard InChI is InChI=1S/C16H15BFNO6/c1-24-15(20)11-5-3-4-8-19(14(11)16(21)25-2)10-6-7-13(18)12(9-10)17(22)23/h3-9,22-23H,1-2H3. The average molecular weight is 347 g/mol. The molecule has 0 atom stereocenters. The lowest BCUT2D eigenvalue weighted by molar-refractivity contribution is -0.139.